The normalized spacial score (nSPS) is 12.0. The summed E-state index contributed by atoms with van der Waals surface area (Å²) in [7, 11) is 1.55. The summed E-state index contributed by atoms with van der Waals surface area (Å²) in [5.41, 5.74) is 4.27. The molecule has 3 N–H and O–H groups in total. The number of aromatic nitrogens is 3. The van der Waals surface area contributed by atoms with Crippen LogP contribution in [0.1, 0.15) is 30.6 Å². The third-order valence-corrected chi connectivity index (χ3v) is 2.88. The van der Waals surface area contributed by atoms with Gasteiger partial charge in [0.1, 0.15) is 12.1 Å². The molecule has 0 aliphatic carbocycles. The first kappa shape index (κ1) is 15.1. The zero-order chi connectivity index (χ0) is 15.1. The fourth-order valence-electron chi connectivity index (χ4n) is 1.87. The maximum Gasteiger partial charge on any atom is 0.216 e. The molecule has 0 aromatic carbocycles. The fourth-order valence-corrected chi connectivity index (χ4v) is 1.87. The van der Waals surface area contributed by atoms with Crippen molar-refractivity contribution in [3.8, 4) is 11.6 Å². The first-order valence-electron chi connectivity index (χ1n) is 6.68. The summed E-state index contributed by atoms with van der Waals surface area (Å²) in [6.45, 7) is 2.70. The second-order valence-electron chi connectivity index (χ2n) is 4.39. The molecule has 7 heteroatoms. The molecule has 0 fully saturated rings. The van der Waals surface area contributed by atoms with E-state index in [2.05, 4.69) is 27.3 Å². The third kappa shape index (κ3) is 3.87. The van der Waals surface area contributed by atoms with Crippen LogP contribution in [0.3, 0.4) is 0 Å². The summed E-state index contributed by atoms with van der Waals surface area (Å²) in [5.74, 6) is 6.84. The summed E-state index contributed by atoms with van der Waals surface area (Å²) in [5, 5.41) is 0. The molecular formula is C14H19N5O2. The SMILES string of the molecule is CCCOc1cncc(C(NN)c2cc(OC)ncn2)c1. The van der Waals surface area contributed by atoms with E-state index in [-0.39, 0.29) is 6.04 Å². The smallest absolute Gasteiger partial charge is 0.216 e. The minimum absolute atomic E-state index is 0.320. The number of nitrogens with two attached hydrogens (primary N) is 1. The Labute approximate surface area is 123 Å². The van der Waals surface area contributed by atoms with Crippen molar-refractivity contribution in [2.75, 3.05) is 13.7 Å². The number of nitrogens with one attached hydrogen (secondary N) is 1. The Morgan fingerprint density at radius 1 is 1.29 bits per heavy atom. The number of rotatable bonds is 7. The van der Waals surface area contributed by atoms with E-state index in [1.165, 1.54) is 6.33 Å². The molecule has 0 aliphatic heterocycles. The van der Waals surface area contributed by atoms with Gasteiger partial charge in [0.15, 0.2) is 0 Å². The summed E-state index contributed by atoms with van der Waals surface area (Å²) < 4.78 is 10.7. The molecule has 1 unspecified atom stereocenters. The average molecular weight is 289 g/mol. The molecule has 2 heterocycles. The van der Waals surface area contributed by atoms with E-state index in [0.717, 1.165) is 12.0 Å². The van der Waals surface area contributed by atoms with Crippen molar-refractivity contribution in [2.45, 2.75) is 19.4 Å². The zero-order valence-electron chi connectivity index (χ0n) is 12.1. The fraction of sp³-hybridized carbons (Fsp3) is 0.357. The van der Waals surface area contributed by atoms with E-state index in [1.54, 1.807) is 25.6 Å². The molecule has 0 spiro atoms. The summed E-state index contributed by atoms with van der Waals surface area (Å²) in [6.07, 6.45) is 5.76. The van der Waals surface area contributed by atoms with Crippen LogP contribution in [0.15, 0.2) is 30.9 Å². The van der Waals surface area contributed by atoms with Crippen molar-refractivity contribution in [3.05, 3.63) is 42.1 Å². The maximum absolute atomic E-state index is 5.66. The number of nitrogens with zero attached hydrogens (tertiary/aromatic N) is 3. The van der Waals surface area contributed by atoms with Crippen LogP contribution in [0.25, 0.3) is 0 Å². The molecule has 2 aromatic rings. The van der Waals surface area contributed by atoms with Gasteiger partial charge in [-0.25, -0.2) is 15.4 Å². The highest BCUT2D eigenvalue weighted by molar-refractivity contribution is 5.32. The molecule has 21 heavy (non-hydrogen) atoms. The highest BCUT2D eigenvalue weighted by atomic mass is 16.5. The lowest BCUT2D eigenvalue weighted by Crippen LogP contribution is -2.29. The van der Waals surface area contributed by atoms with Gasteiger partial charge in [0.05, 0.1) is 31.6 Å². The first-order chi connectivity index (χ1) is 10.3. The number of methoxy groups -OCH3 is 1. The Hall–Kier alpha value is -2.25. The van der Waals surface area contributed by atoms with Gasteiger partial charge in [-0.3, -0.25) is 10.8 Å². The number of ether oxygens (including phenoxy) is 2. The van der Waals surface area contributed by atoms with Crippen LogP contribution in [0.4, 0.5) is 0 Å². The van der Waals surface area contributed by atoms with Gasteiger partial charge < -0.3 is 9.47 Å². The Balaban J connectivity index is 2.27. The second kappa shape index (κ2) is 7.51. The molecule has 0 saturated heterocycles. The summed E-state index contributed by atoms with van der Waals surface area (Å²) in [4.78, 5) is 12.4. The van der Waals surface area contributed by atoms with E-state index < -0.39 is 0 Å². The van der Waals surface area contributed by atoms with E-state index >= 15 is 0 Å². The van der Waals surface area contributed by atoms with Crippen molar-refractivity contribution in [3.63, 3.8) is 0 Å². The van der Waals surface area contributed by atoms with Crippen LogP contribution in [0, 0.1) is 0 Å². The molecule has 0 aliphatic rings. The van der Waals surface area contributed by atoms with Crippen LogP contribution in [0.5, 0.6) is 11.6 Å². The van der Waals surface area contributed by atoms with E-state index in [9.17, 15) is 0 Å². The molecular weight excluding hydrogens is 270 g/mol. The quantitative estimate of drug-likeness (QED) is 0.584. The van der Waals surface area contributed by atoms with Gasteiger partial charge in [-0.05, 0) is 18.1 Å². The van der Waals surface area contributed by atoms with Crippen LogP contribution in [-0.4, -0.2) is 28.7 Å². The Morgan fingerprint density at radius 3 is 2.86 bits per heavy atom. The molecule has 0 radical (unpaired) electrons. The van der Waals surface area contributed by atoms with Gasteiger partial charge in [0, 0.05) is 12.3 Å². The van der Waals surface area contributed by atoms with Gasteiger partial charge in [0.2, 0.25) is 5.88 Å². The van der Waals surface area contributed by atoms with Crippen molar-refractivity contribution < 1.29 is 9.47 Å². The molecule has 0 bridgehead atoms. The molecule has 1 atom stereocenters. The molecule has 0 amide bonds. The van der Waals surface area contributed by atoms with Crippen molar-refractivity contribution in [2.24, 2.45) is 5.84 Å². The van der Waals surface area contributed by atoms with Crippen LogP contribution in [-0.2, 0) is 0 Å². The van der Waals surface area contributed by atoms with E-state index in [1.807, 2.05) is 6.07 Å². The van der Waals surface area contributed by atoms with Crippen LogP contribution >= 0.6 is 0 Å². The highest BCUT2D eigenvalue weighted by Crippen LogP contribution is 2.23. The lowest BCUT2D eigenvalue weighted by molar-refractivity contribution is 0.315. The van der Waals surface area contributed by atoms with Gasteiger partial charge in [-0.1, -0.05) is 6.92 Å². The monoisotopic (exact) mass is 289 g/mol. The average Bonchev–Trinajstić information content (AvgIpc) is 2.54. The minimum atomic E-state index is -0.320. The first-order valence-corrected chi connectivity index (χ1v) is 6.68. The molecule has 2 rings (SSSR count). The Bertz CT molecular complexity index is 579. The van der Waals surface area contributed by atoms with Gasteiger partial charge in [0.25, 0.3) is 0 Å². The van der Waals surface area contributed by atoms with Gasteiger partial charge in [-0.2, -0.15) is 0 Å². The Morgan fingerprint density at radius 2 is 2.14 bits per heavy atom. The van der Waals surface area contributed by atoms with Crippen molar-refractivity contribution in [1.29, 1.82) is 0 Å². The molecule has 7 nitrogen and oxygen atoms in total. The number of hydrazine groups is 1. The molecule has 2 aromatic heterocycles. The van der Waals surface area contributed by atoms with E-state index in [4.69, 9.17) is 15.3 Å². The van der Waals surface area contributed by atoms with Crippen LogP contribution in [0.2, 0.25) is 0 Å². The zero-order valence-corrected chi connectivity index (χ0v) is 12.1. The Kier molecular flexibility index (Phi) is 5.42. The van der Waals surface area contributed by atoms with Crippen molar-refractivity contribution in [1.82, 2.24) is 20.4 Å². The minimum Gasteiger partial charge on any atom is -0.492 e. The predicted octanol–water partition coefficient (Wildman–Crippen LogP) is 1.22. The maximum atomic E-state index is 5.66. The van der Waals surface area contributed by atoms with Crippen molar-refractivity contribution >= 4 is 0 Å². The summed E-state index contributed by atoms with van der Waals surface area (Å²) >= 11 is 0. The van der Waals surface area contributed by atoms with Gasteiger partial charge >= 0.3 is 0 Å². The standard InChI is InChI=1S/C14H19N5O2/c1-3-4-21-11-5-10(7-16-8-11)14(19-15)12-6-13(20-2)18-9-17-12/h5-9,14,19H,3-4,15H2,1-2H3. The topological polar surface area (TPSA) is 95.2 Å². The molecule has 0 saturated carbocycles. The van der Waals surface area contributed by atoms with Crippen LogP contribution < -0.4 is 20.7 Å². The predicted molar refractivity (Wildman–Crippen MR) is 77.8 cm³/mol. The number of hydrogen-bond acceptors (Lipinski definition) is 7. The third-order valence-electron chi connectivity index (χ3n) is 2.88. The number of hydrogen-bond donors (Lipinski definition) is 2. The largest absolute Gasteiger partial charge is 0.492 e. The number of pyridine rings is 1. The van der Waals surface area contributed by atoms with Gasteiger partial charge in [-0.15, -0.1) is 0 Å². The lowest BCUT2D eigenvalue weighted by Gasteiger charge is -2.16. The summed E-state index contributed by atoms with van der Waals surface area (Å²) in [6, 6.07) is 3.30. The molecule has 112 valence electrons. The van der Waals surface area contributed by atoms with E-state index in [0.29, 0.717) is 23.9 Å². The second-order valence-corrected chi connectivity index (χ2v) is 4.39. The highest BCUT2D eigenvalue weighted by Gasteiger charge is 2.16. The lowest BCUT2D eigenvalue weighted by atomic mass is 10.1.